The van der Waals surface area contributed by atoms with Crippen LogP contribution < -0.4 is 5.73 Å². The topological polar surface area (TPSA) is 82.2 Å². The molecule has 0 saturated carbocycles. The van der Waals surface area contributed by atoms with Crippen molar-refractivity contribution in [3.8, 4) is 0 Å². The molecular formula is C11H22N4O2. The Morgan fingerprint density at radius 3 is 2.47 bits per heavy atom. The monoisotopic (exact) mass is 242 g/mol. The molecule has 3 N–H and O–H groups in total. The van der Waals surface area contributed by atoms with Gasteiger partial charge in [0.15, 0.2) is 0 Å². The average molecular weight is 242 g/mol. The highest BCUT2D eigenvalue weighted by molar-refractivity contribution is 5.98. The van der Waals surface area contributed by atoms with E-state index in [1.807, 2.05) is 0 Å². The first-order chi connectivity index (χ1) is 8.08. The van der Waals surface area contributed by atoms with Gasteiger partial charge >= 0.3 is 0 Å². The van der Waals surface area contributed by atoms with Gasteiger partial charge in [-0.1, -0.05) is 12.1 Å². The van der Waals surface area contributed by atoms with Crippen molar-refractivity contribution >= 4 is 11.7 Å². The molecule has 1 amide bonds. The summed E-state index contributed by atoms with van der Waals surface area (Å²) in [5.74, 6) is -0.0940. The number of amides is 1. The Morgan fingerprint density at radius 2 is 2.00 bits per heavy atom. The molecule has 1 aliphatic rings. The first-order valence-electron chi connectivity index (χ1n) is 6.06. The third-order valence-corrected chi connectivity index (χ3v) is 3.34. The van der Waals surface area contributed by atoms with E-state index < -0.39 is 0 Å². The highest BCUT2D eigenvalue weighted by Crippen LogP contribution is 2.09. The first-order valence-corrected chi connectivity index (χ1v) is 6.06. The van der Waals surface area contributed by atoms with E-state index in [9.17, 15) is 4.79 Å². The van der Waals surface area contributed by atoms with Gasteiger partial charge in [-0.15, -0.1) is 0 Å². The van der Waals surface area contributed by atoms with Gasteiger partial charge in [-0.3, -0.25) is 9.69 Å². The van der Waals surface area contributed by atoms with Crippen LogP contribution in [0, 0.1) is 0 Å². The highest BCUT2D eigenvalue weighted by Gasteiger charge is 2.23. The van der Waals surface area contributed by atoms with Crippen LogP contribution in [0.2, 0.25) is 0 Å². The predicted molar refractivity (Wildman–Crippen MR) is 65.9 cm³/mol. The third-order valence-electron chi connectivity index (χ3n) is 3.34. The van der Waals surface area contributed by atoms with Crippen molar-refractivity contribution in [1.29, 1.82) is 0 Å². The Morgan fingerprint density at radius 1 is 1.41 bits per heavy atom. The van der Waals surface area contributed by atoms with Crippen LogP contribution >= 0.6 is 0 Å². The summed E-state index contributed by atoms with van der Waals surface area (Å²) in [6, 6.07) is 0.566. The van der Waals surface area contributed by atoms with Gasteiger partial charge in [0.1, 0.15) is 5.84 Å². The van der Waals surface area contributed by atoms with E-state index in [2.05, 4.69) is 23.9 Å². The molecule has 0 aromatic carbocycles. The number of amidine groups is 1. The van der Waals surface area contributed by atoms with E-state index in [-0.39, 0.29) is 18.2 Å². The molecule has 6 heteroatoms. The van der Waals surface area contributed by atoms with Gasteiger partial charge in [-0.25, -0.2) is 0 Å². The zero-order chi connectivity index (χ0) is 12.8. The van der Waals surface area contributed by atoms with Gasteiger partial charge in [0.2, 0.25) is 5.91 Å². The molecular weight excluding hydrogens is 220 g/mol. The Bertz CT molecular complexity index is 285. The van der Waals surface area contributed by atoms with Crippen molar-refractivity contribution in [2.24, 2.45) is 10.9 Å². The van der Waals surface area contributed by atoms with Crippen LogP contribution in [0.1, 0.15) is 26.7 Å². The van der Waals surface area contributed by atoms with Gasteiger partial charge in [0, 0.05) is 32.2 Å². The summed E-state index contributed by atoms with van der Waals surface area (Å²) in [5, 5.41) is 11.2. The van der Waals surface area contributed by atoms with Crippen molar-refractivity contribution in [3.63, 3.8) is 0 Å². The lowest BCUT2D eigenvalue weighted by molar-refractivity contribution is -0.131. The van der Waals surface area contributed by atoms with Gasteiger partial charge in [-0.05, 0) is 13.3 Å². The first kappa shape index (κ1) is 13.8. The molecule has 98 valence electrons. The summed E-state index contributed by atoms with van der Waals surface area (Å²) in [5.41, 5.74) is 5.32. The fraction of sp³-hybridized carbons (Fsp3) is 0.818. The number of oxime groups is 1. The van der Waals surface area contributed by atoms with Crippen molar-refractivity contribution < 1.29 is 10.0 Å². The van der Waals surface area contributed by atoms with E-state index in [1.165, 1.54) is 0 Å². The minimum absolute atomic E-state index is 0.000167. The summed E-state index contributed by atoms with van der Waals surface area (Å²) < 4.78 is 0. The Kier molecular flexibility index (Phi) is 5.21. The fourth-order valence-corrected chi connectivity index (χ4v) is 1.97. The normalized spacial score (nSPS) is 20.4. The van der Waals surface area contributed by atoms with Crippen molar-refractivity contribution in [3.05, 3.63) is 0 Å². The SMILES string of the molecule is CCC(C)N1CCN(C(=O)CC(N)=NO)CC1. The molecule has 6 nitrogen and oxygen atoms in total. The summed E-state index contributed by atoms with van der Waals surface area (Å²) in [6.07, 6.45) is 1.12. The van der Waals surface area contributed by atoms with E-state index >= 15 is 0 Å². The minimum atomic E-state index is -0.0656. The van der Waals surface area contributed by atoms with Crippen LogP contribution in [0.3, 0.4) is 0 Å². The second kappa shape index (κ2) is 6.44. The zero-order valence-electron chi connectivity index (χ0n) is 10.6. The molecule has 1 rings (SSSR count). The molecule has 0 aromatic rings. The second-order valence-electron chi connectivity index (χ2n) is 4.44. The maximum Gasteiger partial charge on any atom is 0.230 e. The van der Waals surface area contributed by atoms with Crippen molar-refractivity contribution in [1.82, 2.24) is 9.80 Å². The van der Waals surface area contributed by atoms with Crippen LogP contribution in [0.5, 0.6) is 0 Å². The average Bonchev–Trinajstić information content (AvgIpc) is 2.37. The molecule has 1 atom stereocenters. The lowest BCUT2D eigenvalue weighted by atomic mass is 10.2. The second-order valence-corrected chi connectivity index (χ2v) is 4.44. The smallest absolute Gasteiger partial charge is 0.230 e. The number of nitrogens with zero attached hydrogens (tertiary/aromatic N) is 3. The van der Waals surface area contributed by atoms with Gasteiger partial charge in [0.05, 0.1) is 6.42 Å². The molecule has 17 heavy (non-hydrogen) atoms. The number of piperazine rings is 1. The highest BCUT2D eigenvalue weighted by atomic mass is 16.4. The molecule has 1 fully saturated rings. The van der Waals surface area contributed by atoms with E-state index in [4.69, 9.17) is 10.9 Å². The zero-order valence-corrected chi connectivity index (χ0v) is 10.6. The molecule has 0 radical (unpaired) electrons. The molecule has 0 aromatic heterocycles. The maximum atomic E-state index is 11.7. The molecule has 1 aliphatic heterocycles. The molecule has 1 unspecified atom stereocenters. The molecule has 1 saturated heterocycles. The largest absolute Gasteiger partial charge is 0.409 e. The molecule has 0 spiro atoms. The predicted octanol–water partition coefficient (Wildman–Crippen LogP) is 0.0656. The number of carbonyl (C=O) groups is 1. The standard InChI is InChI=1S/C11H22N4O2/c1-3-9(2)14-4-6-15(7-5-14)11(16)8-10(12)13-17/h9,17H,3-8H2,1-2H3,(H2,12,13). The number of hydrogen-bond donors (Lipinski definition) is 2. The van der Waals surface area contributed by atoms with Crippen LogP contribution in [0.25, 0.3) is 0 Å². The van der Waals surface area contributed by atoms with Crippen molar-refractivity contribution in [2.75, 3.05) is 26.2 Å². The summed E-state index contributed by atoms with van der Waals surface area (Å²) in [6.45, 7) is 7.62. The number of nitrogens with two attached hydrogens (primary N) is 1. The van der Waals surface area contributed by atoms with Crippen LogP contribution in [-0.4, -0.2) is 59.0 Å². The Balaban J connectivity index is 2.39. The Labute approximate surface area is 102 Å². The quantitative estimate of drug-likeness (QED) is 0.316. The van der Waals surface area contributed by atoms with E-state index in [1.54, 1.807) is 4.90 Å². The third kappa shape index (κ3) is 3.89. The van der Waals surface area contributed by atoms with Crippen LogP contribution in [-0.2, 0) is 4.79 Å². The molecule has 0 aliphatic carbocycles. The number of hydrogen-bond acceptors (Lipinski definition) is 4. The summed E-state index contributed by atoms with van der Waals surface area (Å²) in [7, 11) is 0. The van der Waals surface area contributed by atoms with Crippen LogP contribution in [0.4, 0.5) is 0 Å². The Hall–Kier alpha value is -1.30. The van der Waals surface area contributed by atoms with E-state index in [0.29, 0.717) is 6.04 Å². The van der Waals surface area contributed by atoms with Crippen LogP contribution in [0.15, 0.2) is 5.16 Å². The van der Waals surface area contributed by atoms with Gasteiger partial charge in [-0.2, -0.15) is 0 Å². The fourth-order valence-electron chi connectivity index (χ4n) is 1.97. The maximum absolute atomic E-state index is 11.7. The van der Waals surface area contributed by atoms with Gasteiger partial charge < -0.3 is 15.8 Å². The lowest BCUT2D eigenvalue weighted by Gasteiger charge is -2.37. The lowest BCUT2D eigenvalue weighted by Crippen LogP contribution is -2.51. The number of carbonyl (C=O) groups excluding carboxylic acids is 1. The molecule has 1 heterocycles. The van der Waals surface area contributed by atoms with E-state index in [0.717, 1.165) is 32.6 Å². The minimum Gasteiger partial charge on any atom is -0.409 e. The molecule has 0 bridgehead atoms. The summed E-state index contributed by atoms with van der Waals surface area (Å²) >= 11 is 0. The summed E-state index contributed by atoms with van der Waals surface area (Å²) in [4.78, 5) is 15.9. The van der Waals surface area contributed by atoms with Gasteiger partial charge in [0.25, 0.3) is 0 Å². The number of rotatable bonds is 4. The van der Waals surface area contributed by atoms with Crippen molar-refractivity contribution in [2.45, 2.75) is 32.7 Å².